The lowest BCUT2D eigenvalue weighted by molar-refractivity contribution is 0.353. The van der Waals surface area contributed by atoms with Crippen molar-refractivity contribution < 1.29 is 12.3 Å². The molecule has 0 rings (SSSR count). The molecule has 1 atom stereocenters. The van der Waals surface area contributed by atoms with Crippen molar-refractivity contribution in [1.29, 1.82) is 0 Å². The molecule has 0 N–H and O–H groups in total. The topological polar surface area (TPSA) is 27.7 Å². The van der Waals surface area contributed by atoms with Crippen molar-refractivity contribution in [2.24, 2.45) is 0 Å². The van der Waals surface area contributed by atoms with Crippen LogP contribution >= 0.6 is 0 Å². The quantitative estimate of drug-likeness (QED) is 0.426. The van der Waals surface area contributed by atoms with Crippen LogP contribution in [0, 0.1) is 0 Å². The Hall–Kier alpha value is 0.748. The van der Waals surface area contributed by atoms with Gasteiger partial charge in [0.05, 0.1) is 0 Å². The zero-order valence-electron chi connectivity index (χ0n) is 14.0. The number of unbranched alkanes of at least 4 members (excludes halogenated alkanes) is 3. The molecule has 0 saturated heterocycles. The summed E-state index contributed by atoms with van der Waals surface area (Å²) in [4.78, 5) is 0. The van der Waals surface area contributed by atoms with Crippen LogP contribution in [0.3, 0.4) is 0 Å². The highest BCUT2D eigenvalue weighted by molar-refractivity contribution is 6.78. The fourth-order valence-corrected chi connectivity index (χ4v) is 14.7. The van der Waals surface area contributed by atoms with Crippen LogP contribution < -0.4 is 0 Å². The maximum atomic E-state index is 6.34. The Morgan fingerprint density at radius 3 is 1.95 bits per heavy atom. The van der Waals surface area contributed by atoms with Crippen molar-refractivity contribution in [2.75, 3.05) is 0 Å². The second-order valence-corrected chi connectivity index (χ2v) is 17.6. The lowest BCUT2D eigenvalue weighted by atomic mass is 10.2. The monoisotopic (exact) mass is 338 g/mol. The second-order valence-electron chi connectivity index (χ2n) is 6.15. The average Bonchev–Trinajstić information content (AvgIpc) is 2.20. The maximum absolute atomic E-state index is 6.34. The smallest absolute Gasteiger partial charge is 0.312 e. The predicted molar refractivity (Wildman–Crippen MR) is 94.6 cm³/mol. The first-order valence-electron chi connectivity index (χ1n) is 7.78. The van der Waals surface area contributed by atoms with Crippen LogP contribution in [0.2, 0.25) is 45.3 Å². The Labute approximate surface area is 126 Å². The van der Waals surface area contributed by atoms with E-state index in [1.54, 1.807) is 0 Å². The summed E-state index contributed by atoms with van der Waals surface area (Å²) in [5.74, 6) is 0. The fraction of sp³-hybridized carbons (Fsp3) is 1.00. The third kappa shape index (κ3) is 12.2. The summed E-state index contributed by atoms with van der Waals surface area (Å²) in [6, 6.07) is 1.16. The van der Waals surface area contributed by atoms with Gasteiger partial charge in [-0.1, -0.05) is 32.6 Å². The molecule has 0 bridgehead atoms. The van der Waals surface area contributed by atoms with Gasteiger partial charge < -0.3 is 12.3 Å². The van der Waals surface area contributed by atoms with Gasteiger partial charge in [-0.15, -0.1) is 0 Å². The largest absolute Gasteiger partial charge is 0.441 e. The number of hydrogen-bond donors (Lipinski definition) is 0. The number of hydrogen-bond acceptors (Lipinski definition) is 3. The summed E-state index contributed by atoms with van der Waals surface area (Å²) in [6.07, 6.45) is 5.19. The standard InChI is InChI=1S/C12H34O3Si4/c1-8-9-10-11-12-18(13-16(2)3)15-19(6,7)14-17(4)5/h16-18H,8-12H2,1-7H3. The molecule has 0 heterocycles. The highest BCUT2D eigenvalue weighted by Crippen LogP contribution is 2.16. The molecule has 0 aliphatic carbocycles. The Kier molecular flexibility index (Phi) is 10.9. The molecule has 0 aromatic rings. The molecule has 0 spiro atoms. The minimum atomic E-state index is -1.94. The van der Waals surface area contributed by atoms with Gasteiger partial charge in [-0.2, -0.15) is 0 Å². The van der Waals surface area contributed by atoms with Crippen molar-refractivity contribution >= 4 is 35.9 Å². The van der Waals surface area contributed by atoms with Crippen LogP contribution in [-0.4, -0.2) is 35.9 Å². The van der Waals surface area contributed by atoms with E-state index in [1.165, 1.54) is 25.7 Å². The van der Waals surface area contributed by atoms with E-state index in [1.807, 2.05) is 0 Å². The SMILES string of the molecule is CCCCCC[SiH](O[SiH](C)C)O[Si](C)(C)O[SiH](C)C. The van der Waals surface area contributed by atoms with Gasteiger partial charge in [-0.3, -0.25) is 0 Å². The predicted octanol–water partition coefficient (Wildman–Crippen LogP) is 3.51. The van der Waals surface area contributed by atoms with E-state index in [2.05, 4.69) is 46.2 Å². The first kappa shape index (κ1) is 19.7. The van der Waals surface area contributed by atoms with Crippen LogP contribution in [0.5, 0.6) is 0 Å². The molecule has 0 saturated carbocycles. The zero-order chi connectivity index (χ0) is 14.9. The minimum Gasteiger partial charge on any atom is -0.441 e. The van der Waals surface area contributed by atoms with E-state index in [-0.39, 0.29) is 0 Å². The third-order valence-corrected chi connectivity index (χ3v) is 14.4. The van der Waals surface area contributed by atoms with Crippen molar-refractivity contribution in [3.8, 4) is 0 Å². The Bertz CT molecular complexity index is 225. The lowest BCUT2D eigenvalue weighted by Crippen LogP contribution is -2.46. The Balaban J connectivity index is 4.24. The van der Waals surface area contributed by atoms with Gasteiger partial charge in [0, 0.05) is 0 Å². The van der Waals surface area contributed by atoms with E-state index in [0.29, 0.717) is 0 Å². The van der Waals surface area contributed by atoms with Crippen molar-refractivity contribution in [1.82, 2.24) is 0 Å². The van der Waals surface area contributed by atoms with Gasteiger partial charge in [-0.05, 0) is 45.3 Å². The lowest BCUT2D eigenvalue weighted by Gasteiger charge is -2.31. The van der Waals surface area contributed by atoms with Gasteiger partial charge in [0.1, 0.15) is 0 Å². The first-order valence-corrected chi connectivity index (χ1v) is 17.9. The van der Waals surface area contributed by atoms with E-state index >= 15 is 0 Å². The van der Waals surface area contributed by atoms with Crippen LogP contribution in [0.4, 0.5) is 0 Å². The van der Waals surface area contributed by atoms with Crippen molar-refractivity contribution in [3.05, 3.63) is 0 Å². The summed E-state index contributed by atoms with van der Waals surface area (Å²) in [5, 5.41) is 0. The highest BCUT2D eigenvalue weighted by atomic mass is 28.5. The third-order valence-electron chi connectivity index (χ3n) is 2.65. The molecule has 0 radical (unpaired) electrons. The van der Waals surface area contributed by atoms with Crippen LogP contribution in [0.25, 0.3) is 0 Å². The highest BCUT2D eigenvalue weighted by Gasteiger charge is 2.31. The molecular formula is C12H34O3Si4. The van der Waals surface area contributed by atoms with E-state index < -0.39 is 35.9 Å². The van der Waals surface area contributed by atoms with Crippen molar-refractivity contribution in [3.63, 3.8) is 0 Å². The van der Waals surface area contributed by atoms with Crippen LogP contribution in [0.15, 0.2) is 0 Å². The Morgan fingerprint density at radius 2 is 1.47 bits per heavy atom. The summed E-state index contributed by atoms with van der Waals surface area (Å²) in [7, 11) is -5.45. The van der Waals surface area contributed by atoms with Crippen LogP contribution in [0.1, 0.15) is 32.6 Å². The summed E-state index contributed by atoms with van der Waals surface area (Å²) >= 11 is 0. The minimum absolute atomic E-state index is 0.998. The molecular weight excluding hydrogens is 304 g/mol. The van der Waals surface area contributed by atoms with Gasteiger partial charge >= 0.3 is 17.8 Å². The average molecular weight is 339 g/mol. The normalized spacial score (nSPS) is 14.4. The van der Waals surface area contributed by atoms with Gasteiger partial charge in [0.25, 0.3) is 0 Å². The Morgan fingerprint density at radius 1 is 0.842 bits per heavy atom. The molecule has 0 aliphatic heterocycles. The zero-order valence-corrected chi connectivity index (χ0v) is 18.5. The summed E-state index contributed by atoms with van der Waals surface area (Å²) < 4.78 is 18.6. The van der Waals surface area contributed by atoms with E-state index in [0.717, 1.165) is 6.04 Å². The molecule has 0 aromatic heterocycles. The van der Waals surface area contributed by atoms with Crippen LogP contribution in [-0.2, 0) is 12.3 Å². The van der Waals surface area contributed by atoms with E-state index in [4.69, 9.17) is 12.3 Å². The number of rotatable bonds is 11. The molecule has 1 unspecified atom stereocenters. The molecule has 116 valence electrons. The molecule has 0 aliphatic rings. The first-order chi connectivity index (χ1) is 8.76. The summed E-state index contributed by atoms with van der Waals surface area (Å²) in [5.41, 5.74) is 0. The molecule has 0 amide bonds. The molecule has 3 nitrogen and oxygen atoms in total. The fourth-order valence-electron chi connectivity index (χ4n) is 2.11. The molecule has 7 heteroatoms. The van der Waals surface area contributed by atoms with Gasteiger partial charge in [0.2, 0.25) is 0 Å². The van der Waals surface area contributed by atoms with Gasteiger partial charge in [-0.25, -0.2) is 0 Å². The summed E-state index contributed by atoms with van der Waals surface area (Å²) in [6.45, 7) is 15.5. The second kappa shape index (κ2) is 10.5. The van der Waals surface area contributed by atoms with Gasteiger partial charge in [0.15, 0.2) is 18.1 Å². The maximum Gasteiger partial charge on any atom is 0.312 e. The molecule has 19 heavy (non-hydrogen) atoms. The van der Waals surface area contributed by atoms with Crippen molar-refractivity contribution in [2.45, 2.75) is 77.9 Å². The molecule has 0 fully saturated rings. The van der Waals surface area contributed by atoms with E-state index in [9.17, 15) is 0 Å². The molecule has 0 aromatic carbocycles.